The zero-order valence-electron chi connectivity index (χ0n) is 20.7. The molecular formula is C24H39N5O5S. The first kappa shape index (κ1) is 27.3. The third-order valence-corrected chi connectivity index (χ3v) is 8.95. The van der Waals surface area contributed by atoms with E-state index in [0.717, 1.165) is 44.9 Å². The van der Waals surface area contributed by atoms with Gasteiger partial charge in [-0.2, -0.15) is 0 Å². The lowest BCUT2D eigenvalue weighted by atomic mass is 9.79. The van der Waals surface area contributed by atoms with E-state index in [2.05, 4.69) is 10.6 Å². The minimum Gasteiger partial charge on any atom is -0.363 e. The molecule has 10 nitrogen and oxygen atoms in total. The second-order valence-corrected chi connectivity index (χ2v) is 11.8. The predicted molar refractivity (Wildman–Crippen MR) is 133 cm³/mol. The second kappa shape index (κ2) is 12.1. The molecule has 11 heteroatoms. The maximum atomic E-state index is 13.9. The number of amides is 5. The molecule has 1 saturated heterocycles. The summed E-state index contributed by atoms with van der Waals surface area (Å²) in [5, 5.41) is 4.50. The third-order valence-electron chi connectivity index (χ3n) is 7.49. The number of nitrogens with zero attached hydrogens (tertiary/aromatic N) is 1. The van der Waals surface area contributed by atoms with E-state index in [1.54, 1.807) is 4.90 Å². The largest absolute Gasteiger partial charge is 0.363 e. The quantitative estimate of drug-likeness (QED) is 0.241. The van der Waals surface area contributed by atoms with E-state index in [4.69, 9.17) is 11.5 Å². The van der Waals surface area contributed by atoms with E-state index < -0.39 is 41.0 Å². The van der Waals surface area contributed by atoms with Crippen molar-refractivity contribution in [3.63, 3.8) is 0 Å². The molecule has 4 atom stereocenters. The number of carbonyl (C=O) groups excluding carboxylic acids is 5. The minimum atomic E-state index is -1.09. The van der Waals surface area contributed by atoms with Crippen molar-refractivity contribution in [2.75, 3.05) is 13.1 Å². The van der Waals surface area contributed by atoms with E-state index in [-0.39, 0.29) is 35.5 Å². The molecule has 0 aromatic rings. The van der Waals surface area contributed by atoms with Gasteiger partial charge >= 0.3 is 6.03 Å². The van der Waals surface area contributed by atoms with Crippen LogP contribution >= 0.6 is 11.8 Å². The molecule has 3 rings (SSSR count). The van der Waals surface area contributed by atoms with Crippen LogP contribution in [0.5, 0.6) is 0 Å². The lowest BCUT2D eigenvalue weighted by molar-refractivity contribution is -0.145. The van der Waals surface area contributed by atoms with Crippen molar-refractivity contribution in [2.45, 2.75) is 81.9 Å². The summed E-state index contributed by atoms with van der Waals surface area (Å²) in [6.07, 6.45) is 7.46. The molecule has 1 aliphatic heterocycles. The van der Waals surface area contributed by atoms with Crippen LogP contribution in [-0.4, -0.2) is 64.2 Å². The van der Waals surface area contributed by atoms with E-state index in [0.29, 0.717) is 13.0 Å². The lowest BCUT2D eigenvalue weighted by Gasteiger charge is -2.36. The SMILES string of the molecule is CC(C)[C@H]1CCN(C(=O)C(CNC(N)=O)C2CCCCC2)[C@@H]1C(=O)NC(SC1CC1)C(=O)C(N)=O. The topological polar surface area (TPSA) is 165 Å². The first-order chi connectivity index (χ1) is 16.6. The Balaban J connectivity index is 1.82. The lowest BCUT2D eigenvalue weighted by Crippen LogP contribution is -2.56. The van der Waals surface area contributed by atoms with E-state index >= 15 is 0 Å². The average Bonchev–Trinajstić information content (AvgIpc) is 3.51. The van der Waals surface area contributed by atoms with E-state index in [9.17, 15) is 24.0 Å². The Bertz CT molecular complexity index is 827. The van der Waals surface area contributed by atoms with Crippen LogP contribution in [0.15, 0.2) is 0 Å². The number of primary amides is 2. The maximum Gasteiger partial charge on any atom is 0.312 e. The van der Waals surface area contributed by atoms with Gasteiger partial charge in [0.05, 0.1) is 5.92 Å². The second-order valence-electron chi connectivity index (χ2n) is 10.4. The van der Waals surface area contributed by atoms with Crippen LogP contribution in [0.4, 0.5) is 4.79 Å². The summed E-state index contributed by atoms with van der Waals surface area (Å²) >= 11 is 1.25. The predicted octanol–water partition coefficient (Wildman–Crippen LogP) is 1.12. The number of Topliss-reactive ketones (excluding diaryl/α,β-unsaturated/α-hetero) is 1. The molecule has 2 saturated carbocycles. The van der Waals surface area contributed by atoms with Gasteiger partial charge in [0.25, 0.3) is 11.7 Å². The first-order valence-corrected chi connectivity index (χ1v) is 13.7. The number of hydrogen-bond donors (Lipinski definition) is 4. The van der Waals surface area contributed by atoms with Crippen molar-refractivity contribution in [1.82, 2.24) is 15.5 Å². The van der Waals surface area contributed by atoms with Crippen molar-refractivity contribution in [3.05, 3.63) is 0 Å². The average molecular weight is 510 g/mol. The van der Waals surface area contributed by atoms with Crippen molar-refractivity contribution < 1.29 is 24.0 Å². The number of likely N-dealkylation sites (tertiary alicyclic amines) is 1. The Labute approximate surface area is 211 Å². The summed E-state index contributed by atoms with van der Waals surface area (Å²) < 4.78 is 0. The first-order valence-electron chi connectivity index (χ1n) is 12.7. The van der Waals surface area contributed by atoms with Crippen LogP contribution in [0.3, 0.4) is 0 Å². The number of thioether (sulfide) groups is 1. The van der Waals surface area contributed by atoms with Gasteiger partial charge in [0, 0.05) is 18.3 Å². The zero-order valence-corrected chi connectivity index (χ0v) is 21.5. The number of nitrogens with two attached hydrogens (primary N) is 2. The van der Waals surface area contributed by atoms with Crippen LogP contribution < -0.4 is 22.1 Å². The van der Waals surface area contributed by atoms with Gasteiger partial charge < -0.3 is 27.0 Å². The van der Waals surface area contributed by atoms with Crippen LogP contribution in [0.25, 0.3) is 0 Å². The summed E-state index contributed by atoms with van der Waals surface area (Å²) in [6.45, 7) is 4.58. The van der Waals surface area contributed by atoms with Crippen LogP contribution in [0, 0.1) is 23.7 Å². The summed E-state index contributed by atoms with van der Waals surface area (Å²) in [4.78, 5) is 64.5. The van der Waals surface area contributed by atoms with E-state index in [1.165, 1.54) is 11.8 Å². The van der Waals surface area contributed by atoms with Crippen LogP contribution in [-0.2, 0) is 19.2 Å². The molecule has 6 N–H and O–H groups in total. The molecule has 3 aliphatic rings. The normalized spacial score (nSPS) is 24.6. The van der Waals surface area contributed by atoms with E-state index in [1.807, 2.05) is 13.8 Å². The summed E-state index contributed by atoms with van der Waals surface area (Å²) in [7, 11) is 0. The monoisotopic (exact) mass is 509 g/mol. The standard InChI is InChI=1S/C24H39N5O5S/c1-13(2)16-10-11-29(23(33)17(12-27-24(26)34)14-6-4-3-5-7-14)18(16)21(32)28-22(19(30)20(25)31)35-15-8-9-15/h13-18,22H,3-12H2,1-2H3,(H2,25,31)(H,28,32)(H3,26,27,34)/t16-,17?,18+,22?/m1/s1. The molecule has 196 valence electrons. The Morgan fingerprint density at radius 2 is 1.63 bits per heavy atom. The highest BCUT2D eigenvalue weighted by Crippen LogP contribution is 2.38. The number of hydrogen-bond acceptors (Lipinski definition) is 6. The maximum absolute atomic E-state index is 13.9. The molecule has 0 aromatic carbocycles. The van der Waals surface area contributed by atoms with Crippen molar-refractivity contribution in [2.24, 2.45) is 35.1 Å². The Hall–Kier alpha value is -2.30. The van der Waals surface area contributed by atoms with Gasteiger partial charge in [0.15, 0.2) is 0 Å². The van der Waals surface area contributed by atoms with Gasteiger partial charge in [0.1, 0.15) is 11.4 Å². The molecule has 0 bridgehead atoms. The van der Waals surface area contributed by atoms with Gasteiger partial charge in [-0.25, -0.2) is 4.79 Å². The molecule has 0 spiro atoms. The molecular weight excluding hydrogens is 470 g/mol. The van der Waals surface area contributed by atoms with Gasteiger partial charge in [0.2, 0.25) is 11.8 Å². The fourth-order valence-corrected chi connectivity index (χ4v) is 6.63. The van der Waals surface area contributed by atoms with Crippen LogP contribution in [0.1, 0.15) is 65.2 Å². The van der Waals surface area contributed by atoms with Gasteiger partial charge in [-0.05, 0) is 49.9 Å². The summed E-state index contributed by atoms with van der Waals surface area (Å²) in [5.41, 5.74) is 10.5. The molecule has 2 unspecified atom stereocenters. The van der Waals surface area contributed by atoms with Crippen LogP contribution in [0.2, 0.25) is 0 Å². The number of carbonyl (C=O) groups is 5. The van der Waals surface area contributed by atoms with Gasteiger partial charge in [-0.15, -0.1) is 11.8 Å². The van der Waals surface area contributed by atoms with Crippen molar-refractivity contribution in [3.8, 4) is 0 Å². The smallest absolute Gasteiger partial charge is 0.312 e. The number of rotatable bonds is 11. The Kier molecular flexibility index (Phi) is 9.43. The third kappa shape index (κ3) is 7.11. The number of urea groups is 1. The summed E-state index contributed by atoms with van der Waals surface area (Å²) in [6, 6.07) is -1.44. The molecule has 5 amide bonds. The minimum absolute atomic E-state index is 0.0923. The molecule has 0 aromatic heterocycles. The molecule has 3 fully saturated rings. The highest BCUT2D eigenvalue weighted by molar-refractivity contribution is 8.01. The molecule has 1 heterocycles. The number of ketones is 1. The highest BCUT2D eigenvalue weighted by atomic mass is 32.2. The molecule has 0 radical (unpaired) electrons. The molecule has 2 aliphatic carbocycles. The zero-order chi connectivity index (χ0) is 25.7. The van der Waals surface area contributed by atoms with Crippen molar-refractivity contribution in [1.29, 1.82) is 0 Å². The van der Waals surface area contributed by atoms with Gasteiger partial charge in [-0.3, -0.25) is 19.2 Å². The molecule has 35 heavy (non-hydrogen) atoms. The fourth-order valence-electron chi connectivity index (χ4n) is 5.41. The highest BCUT2D eigenvalue weighted by Gasteiger charge is 2.47. The number of nitrogens with one attached hydrogen (secondary N) is 2. The Morgan fingerprint density at radius 3 is 2.17 bits per heavy atom. The summed E-state index contributed by atoms with van der Waals surface area (Å²) in [5.74, 6) is -2.84. The fraction of sp³-hybridized carbons (Fsp3) is 0.792. The van der Waals surface area contributed by atoms with Gasteiger partial charge in [-0.1, -0.05) is 33.1 Å². The van der Waals surface area contributed by atoms with Crippen molar-refractivity contribution >= 4 is 41.3 Å². The Morgan fingerprint density at radius 1 is 0.971 bits per heavy atom.